The summed E-state index contributed by atoms with van der Waals surface area (Å²) in [6.07, 6.45) is 1.03. The monoisotopic (exact) mass is 299 g/mol. The maximum Gasteiger partial charge on any atom is 0.410 e. The molecule has 20 heavy (non-hydrogen) atoms. The van der Waals surface area contributed by atoms with E-state index < -0.39 is 5.60 Å². The Morgan fingerprint density at radius 1 is 1.55 bits per heavy atom. The Hall–Kier alpha value is -0.910. The predicted molar refractivity (Wildman–Crippen MR) is 83.5 cm³/mol. The molecular formula is C14H25N3O2S. The molecule has 114 valence electrons. The van der Waals surface area contributed by atoms with E-state index in [1.807, 2.05) is 32.5 Å². The van der Waals surface area contributed by atoms with Crippen LogP contribution in [0, 0.1) is 5.92 Å². The maximum absolute atomic E-state index is 12.0. The number of amides is 1. The van der Waals surface area contributed by atoms with Crippen molar-refractivity contribution >= 4 is 23.7 Å². The predicted octanol–water partition coefficient (Wildman–Crippen LogP) is 1.98. The third-order valence-electron chi connectivity index (χ3n) is 3.28. The van der Waals surface area contributed by atoms with Crippen LogP contribution in [0.3, 0.4) is 0 Å². The van der Waals surface area contributed by atoms with Gasteiger partial charge in [0.2, 0.25) is 0 Å². The van der Waals surface area contributed by atoms with Crippen molar-refractivity contribution in [2.75, 3.05) is 37.7 Å². The molecule has 1 fully saturated rings. The second-order valence-corrected chi connectivity index (χ2v) is 7.49. The van der Waals surface area contributed by atoms with Gasteiger partial charge in [-0.1, -0.05) is 0 Å². The number of carbonyl (C=O) groups is 1. The topological polar surface area (TPSA) is 53.9 Å². The van der Waals surface area contributed by atoms with Crippen LogP contribution < -0.4 is 5.32 Å². The summed E-state index contributed by atoms with van der Waals surface area (Å²) in [4.78, 5) is 18.2. The third kappa shape index (κ3) is 4.89. The summed E-state index contributed by atoms with van der Waals surface area (Å²) in [7, 11) is 0. The number of rotatable bonds is 2. The average molecular weight is 299 g/mol. The standard InChI is InChI=1S/C14H25N3O2S/c1-14(2,3)19-13(18)17-6-5-15-12(9-17)16-8-11-4-7-20-10-11/h11H,4-10H2,1-3H3,(H,15,16). The number of ether oxygens (including phenoxy) is 1. The first-order valence-corrected chi connectivity index (χ1v) is 8.42. The van der Waals surface area contributed by atoms with Gasteiger partial charge in [0.15, 0.2) is 0 Å². The first-order valence-electron chi connectivity index (χ1n) is 7.27. The molecular weight excluding hydrogens is 274 g/mol. The Bertz CT molecular complexity index is 373. The SMILES string of the molecule is CC(C)(C)OC(=O)N1CCN=C(NCC2CCSC2)C1. The Kier molecular flexibility index (Phi) is 5.18. The Balaban J connectivity index is 1.78. The maximum atomic E-state index is 12.0. The van der Waals surface area contributed by atoms with Crippen LogP contribution in [0.1, 0.15) is 27.2 Å². The lowest BCUT2D eigenvalue weighted by Crippen LogP contribution is -2.47. The summed E-state index contributed by atoms with van der Waals surface area (Å²) in [6, 6.07) is 0. The second-order valence-electron chi connectivity index (χ2n) is 6.34. The van der Waals surface area contributed by atoms with Gasteiger partial charge in [-0.25, -0.2) is 4.79 Å². The molecule has 5 nitrogen and oxygen atoms in total. The van der Waals surface area contributed by atoms with Crippen molar-refractivity contribution in [2.45, 2.75) is 32.8 Å². The molecule has 1 saturated heterocycles. The number of hydrogen-bond acceptors (Lipinski definition) is 5. The minimum atomic E-state index is -0.444. The summed E-state index contributed by atoms with van der Waals surface area (Å²) < 4.78 is 5.40. The minimum absolute atomic E-state index is 0.247. The Morgan fingerprint density at radius 3 is 3.00 bits per heavy atom. The normalized spacial score (nSPS) is 23.4. The van der Waals surface area contributed by atoms with E-state index in [2.05, 4.69) is 10.3 Å². The van der Waals surface area contributed by atoms with Crippen molar-refractivity contribution in [1.82, 2.24) is 10.2 Å². The summed E-state index contributed by atoms with van der Waals surface area (Å²) in [5.41, 5.74) is -0.444. The molecule has 0 aliphatic carbocycles. The zero-order valence-electron chi connectivity index (χ0n) is 12.6. The van der Waals surface area contributed by atoms with Gasteiger partial charge in [0.05, 0.1) is 13.1 Å². The van der Waals surface area contributed by atoms with Crippen LogP contribution in [0.5, 0.6) is 0 Å². The van der Waals surface area contributed by atoms with Crippen molar-refractivity contribution in [2.24, 2.45) is 10.9 Å². The summed E-state index contributed by atoms with van der Waals surface area (Å²) >= 11 is 2.02. The summed E-state index contributed by atoms with van der Waals surface area (Å²) in [5, 5.41) is 3.40. The lowest BCUT2D eigenvalue weighted by Gasteiger charge is -2.30. The van der Waals surface area contributed by atoms with Crippen molar-refractivity contribution in [3.05, 3.63) is 0 Å². The molecule has 0 spiro atoms. The number of nitrogens with one attached hydrogen (secondary N) is 1. The van der Waals surface area contributed by atoms with Crippen molar-refractivity contribution in [3.8, 4) is 0 Å². The highest BCUT2D eigenvalue weighted by Gasteiger charge is 2.25. The Labute approximate surface area is 125 Å². The van der Waals surface area contributed by atoms with E-state index in [0.29, 0.717) is 19.6 Å². The van der Waals surface area contributed by atoms with Crippen LogP contribution in [0.15, 0.2) is 4.99 Å². The molecule has 2 heterocycles. The van der Waals surface area contributed by atoms with E-state index in [-0.39, 0.29) is 6.09 Å². The molecule has 0 aromatic heterocycles. The molecule has 1 atom stereocenters. The van der Waals surface area contributed by atoms with E-state index in [9.17, 15) is 4.79 Å². The van der Waals surface area contributed by atoms with Crippen LogP contribution in [0.2, 0.25) is 0 Å². The van der Waals surface area contributed by atoms with Crippen molar-refractivity contribution < 1.29 is 9.53 Å². The van der Waals surface area contributed by atoms with E-state index in [1.54, 1.807) is 4.90 Å². The fourth-order valence-corrected chi connectivity index (χ4v) is 3.50. The first-order chi connectivity index (χ1) is 9.44. The zero-order valence-corrected chi connectivity index (χ0v) is 13.5. The van der Waals surface area contributed by atoms with E-state index >= 15 is 0 Å². The third-order valence-corrected chi connectivity index (χ3v) is 4.52. The quantitative estimate of drug-likeness (QED) is 0.847. The molecule has 0 aromatic rings. The van der Waals surface area contributed by atoms with E-state index in [4.69, 9.17) is 4.74 Å². The molecule has 0 saturated carbocycles. The van der Waals surface area contributed by atoms with Gasteiger partial charge < -0.3 is 10.1 Å². The highest BCUT2D eigenvalue weighted by molar-refractivity contribution is 7.99. The highest BCUT2D eigenvalue weighted by Crippen LogP contribution is 2.22. The second kappa shape index (κ2) is 6.70. The number of aliphatic imine (C=N–C) groups is 1. The van der Waals surface area contributed by atoms with Crippen LogP contribution in [-0.2, 0) is 4.74 Å². The minimum Gasteiger partial charge on any atom is -0.444 e. The zero-order chi connectivity index (χ0) is 14.6. The Morgan fingerprint density at radius 2 is 2.35 bits per heavy atom. The number of carbonyl (C=O) groups excluding carboxylic acids is 1. The van der Waals surface area contributed by atoms with Gasteiger partial charge in [0, 0.05) is 13.1 Å². The van der Waals surface area contributed by atoms with Crippen LogP contribution in [0.4, 0.5) is 4.79 Å². The smallest absolute Gasteiger partial charge is 0.410 e. The van der Waals surface area contributed by atoms with Gasteiger partial charge >= 0.3 is 6.09 Å². The van der Waals surface area contributed by atoms with Gasteiger partial charge in [-0.15, -0.1) is 0 Å². The van der Waals surface area contributed by atoms with Gasteiger partial charge in [-0.05, 0) is 44.6 Å². The van der Waals surface area contributed by atoms with Gasteiger partial charge in [0.1, 0.15) is 11.4 Å². The molecule has 2 aliphatic rings. The van der Waals surface area contributed by atoms with Crippen LogP contribution in [0.25, 0.3) is 0 Å². The van der Waals surface area contributed by atoms with E-state index in [0.717, 1.165) is 18.3 Å². The molecule has 0 radical (unpaired) electrons. The number of amidine groups is 1. The number of nitrogens with zero attached hydrogens (tertiary/aromatic N) is 2. The van der Waals surface area contributed by atoms with Gasteiger partial charge in [0.25, 0.3) is 0 Å². The highest BCUT2D eigenvalue weighted by atomic mass is 32.2. The van der Waals surface area contributed by atoms with Crippen LogP contribution in [-0.4, -0.2) is 60.1 Å². The first kappa shape index (κ1) is 15.5. The fourth-order valence-electron chi connectivity index (χ4n) is 2.22. The molecule has 1 amide bonds. The molecule has 1 unspecified atom stereocenters. The van der Waals surface area contributed by atoms with Crippen LogP contribution >= 0.6 is 11.8 Å². The lowest BCUT2D eigenvalue weighted by molar-refractivity contribution is 0.0276. The van der Waals surface area contributed by atoms with Gasteiger partial charge in [-0.3, -0.25) is 9.89 Å². The van der Waals surface area contributed by atoms with Crippen molar-refractivity contribution in [1.29, 1.82) is 0 Å². The molecule has 0 bridgehead atoms. The molecule has 0 aromatic carbocycles. The summed E-state index contributed by atoms with van der Waals surface area (Å²) in [6.45, 7) is 8.46. The molecule has 6 heteroatoms. The average Bonchev–Trinajstić information content (AvgIpc) is 2.88. The van der Waals surface area contributed by atoms with E-state index in [1.165, 1.54) is 17.9 Å². The molecule has 2 aliphatic heterocycles. The molecule has 1 N–H and O–H groups in total. The van der Waals surface area contributed by atoms with Gasteiger partial charge in [-0.2, -0.15) is 11.8 Å². The number of thioether (sulfide) groups is 1. The molecule has 2 rings (SSSR count). The number of hydrogen-bond donors (Lipinski definition) is 1. The van der Waals surface area contributed by atoms with Crippen molar-refractivity contribution in [3.63, 3.8) is 0 Å². The largest absolute Gasteiger partial charge is 0.444 e. The summed E-state index contributed by atoms with van der Waals surface area (Å²) in [5.74, 6) is 4.15. The fraction of sp³-hybridized carbons (Fsp3) is 0.857. The lowest BCUT2D eigenvalue weighted by atomic mass is 10.1.